The molecule has 0 aliphatic carbocycles. The van der Waals surface area contributed by atoms with E-state index in [1.165, 1.54) is 6.07 Å². The number of unbranched alkanes of at least 4 members (excludes halogenated alkanes) is 3. The molecule has 0 amide bonds. The van der Waals surface area contributed by atoms with Crippen LogP contribution in [0.1, 0.15) is 81.6 Å². The molecule has 3 rings (SSSR count). The van der Waals surface area contributed by atoms with E-state index in [9.17, 15) is 23.1 Å². The van der Waals surface area contributed by atoms with E-state index in [0.29, 0.717) is 36.5 Å². The minimum Gasteiger partial charge on any atom is -0.478 e. The molecule has 1 atom stereocenters. The van der Waals surface area contributed by atoms with Crippen molar-refractivity contribution in [2.24, 2.45) is 0 Å². The number of hydrogen-bond acceptors (Lipinski definition) is 3. The van der Waals surface area contributed by atoms with Gasteiger partial charge in [-0.3, -0.25) is 4.39 Å². The largest absolute Gasteiger partial charge is 0.494 e. The van der Waals surface area contributed by atoms with Crippen molar-refractivity contribution in [1.29, 1.82) is 0 Å². The smallest absolute Gasteiger partial charge is 0.478 e. The monoisotopic (exact) mass is 464 g/mol. The molecule has 0 bridgehead atoms. The predicted octanol–water partition coefficient (Wildman–Crippen LogP) is 6.11. The molecule has 8 heteroatoms. The fourth-order valence-electron chi connectivity index (χ4n) is 4.29. The van der Waals surface area contributed by atoms with Crippen LogP contribution in [-0.4, -0.2) is 42.5 Å². The highest BCUT2D eigenvalue weighted by Crippen LogP contribution is 2.38. The molecule has 180 valence electrons. The van der Waals surface area contributed by atoms with Crippen molar-refractivity contribution < 1.29 is 32.4 Å². The number of halogens is 3. The Morgan fingerprint density at radius 1 is 1.00 bits per heavy atom. The van der Waals surface area contributed by atoms with Gasteiger partial charge in [0, 0.05) is 5.92 Å². The molecule has 1 unspecified atom stereocenters. The second-order valence-electron chi connectivity index (χ2n) is 9.73. The van der Waals surface area contributed by atoms with Crippen LogP contribution in [0.3, 0.4) is 0 Å². The SMILES string of the molecule is CC1(C)OB(c2ccc3c(C(CCCCCCF)C(F)F)c(C(=O)O)ccc3c2)OC1(C)C. The normalized spacial score (nSPS) is 18.2. The quantitative estimate of drug-likeness (QED) is 0.341. The fraction of sp³-hybridized carbons (Fsp3) is 0.560. The molecule has 1 aliphatic heterocycles. The Kier molecular flexibility index (Phi) is 7.79. The Hall–Kier alpha value is -2.06. The van der Waals surface area contributed by atoms with Crippen molar-refractivity contribution >= 4 is 29.3 Å². The van der Waals surface area contributed by atoms with E-state index in [2.05, 4.69) is 0 Å². The van der Waals surface area contributed by atoms with Crippen molar-refractivity contribution in [1.82, 2.24) is 0 Å². The lowest BCUT2D eigenvalue weighted by Crippen LogP contribution is -2.41. The van der Waals surface area contributed by atoms with Crippen molar-refractivity contribution in [2.75, 3.05) is 6.67 Å². The summed E-state index contributed by atoms with van der Waals surface area (Å²) in [5, 5.41) is 10.9. The van der Waals surface area contributed by atoms with Crippen molar-refractivity contribution in [2.45, 2.75) is 83.3 Å². The summed E-state index contributed by atoms with van der Waals surface area (Å²) in [7, 11) is -0.608. The summed E-state index contributed by atoms with van der Waals surface area (Å²) in [5.74, 6) is -2.45. The average Bonchev–Trinajstić information content (AvgIpc) is 2.96. The van der Waals surface area contributed by atoms with E-state index in [1.54, 1.807) is 18.2 Å². The van der Waals surface area contributed by atoms with Gasteiger partial charge in [-0.1, -0.05) is 43.5 Å². The number of aromatic carboxylic acids is 1. The summed E-state index contributed by atoms with van der Waals surface area (Å²) in [6.07, 6.45) is -0.413. The zero-order chi connectivity index (χ0) is 24.4. The van der Waals surface area contributed by atoms with E-state index < -0.39 is 43.3 Å². The third-order valence-electron chi connectivity index (χ3n) is 6.92. The highest BCUT2D eigenvalue weighted by atomic mass is 19.3. The van der Waals surface area contributed by atoms with Gasteiger partial charge in [0.1, 0.15) is 0 Å². The number of hydrogen-bond donors (Lipinski definition) is 1. The number of benzene rings is 2. The topological polar surface area (TPSA) is 55.8 Å². The third-order valence-corrected chi connectivity index (χ3v) is 6.92. The van der Waals surface area contributed by atoms with Crippen LogP contribution in [-0.2, 0) is 9.31 Å². The zero-order valence-electron chi connectivity index (χ0n) is 19.7. The number of rotatable bonds is 10. The van der Waals surface area contributed by atoms with Gasteiger partial charge in [-0.25, -0.2) is 13.6 Å². The molecular formula is C25H32BF3O4. The fourth-order valence-corrected chi connectivity index (χ4v) is 4.29. The van der Waals surface area contributed by atoms with Crippen LogP contribution in [0.2, 0.25) is 0 Å². The van der Waals surface area contributed by atoms with Crippen LogP contribution in [0.25, 0.3) is 10.8 Å². The van der Waals surface area contributed by atoms with Crippen LogP contribution < -0.4 is 5.46 Å². The molecule has 1 aliphatic rings. The Balaban J connectivity index is 1.99. The van der Waals surface area contributed by atoms with Gasteiger partial charge in [-0.15, -0.1) is 0 Å². The number of alkyl halides is 3. The molecule has 0 aromatic heterocycles. The number of carboxylic acid groups (broad SMARTS) is 1. The van der Waals surface area contributed by atoms with E-state index in [1.807, 2.05) is 33.8 Å². The third kappa shape index (κ3) is 5.38. The lowest BCUT2D eigenvalue weighted by molar-refractivity contribution is 0.00578. The van der Waals surface area contributed by atoms with Gasteiger partial charge in [0.05, 0.1) is 23.4 Å². The van der Waals surface area contributed by atoms with Crippen molar-refractivity contribution in [3.8, 4) is 0 Å². The summed E-state index contributed by atoms with van der Waals surface area (Å²) < 4.78 is 52.8. The van der Waals surface area contributed by atoms with E-state index in [-0.39, 0.29) is 17.5 Å². The van der Waals surface area contributed by atoms with Gasteiger partial charge < -0.3 is 14.4 Å². The van der Waals surface area contributed by atoms with Gasteiger partial charge in [-0.05, 0) is 68.4 Å². The van der Waals surface area contributed by atoms with E-state index >= 15 is 0 Å². The van der Waals surface area contributed by atoms with Crippen molar-refractivity contribution in [3.63, 3.8) is 0 Å². The minimum atomic E-state index is -2.71. The first kappa shape index (κ1) is 25.6. The summed E-state index contributed by atoms with van der Waals surface area (Å²) in [6, 6.07) is 8.29. The molecule has 0 radical (unpaired) electrons. The maximum absolute atomic E-state index is 14.1. The Morgan fingerprint density at radius 2 is 1.64 bits per heavy atom. The number of fused-ring (bicyclic) bond motifs is 1. The molecule has 1 N–H and O–H groups in total. The molecule has 33 heavy (non-hydrogen) atoms. The Morgan fingerprint density at radius 3 is 2.21 bits per heavy atom. The molecule has 4 nitrogen and oxygen atoms in total. The van der Waals surface area contributed by atoms with Gasteiger partial charge in [0.15, 0.2) is 0 Å². The van der Waals surface area contributed by atoms with Gasteiger partial charge in [-0.2, -0.15) is 0 Å². The zero-order valence-corrected chi connectivity index (χ0v) is 19.7. The van der Waals surface area contributed by atoms with Crippen LogP contribution in [0.15, 0.2) is 30.3 Å². The molecular weight excluding hydrogens is 432 g/mol. The van der Waals surface area contributed by atoms with Crippen molar-refractivity contribution in [3.05, 3.63) is 41.5 Å². The Bertz CT molecular complexity index is 977. The summed E-state index contributed by atoms with van der Waals surface area (Å²) in [4.78, 5) is 11.9. The molecule has 0 saturated carbocycles. The predicted molar refractivity (Wildman–Crippen MR) is 124 cm³/mol. The first-order chi connectivity index (χ1) is 15.5. The number of carboxylic acids is 1. The van der Waals surface area contributed by atoms with Crippen LogP contribution in [0.4, 0.5) is 13.2 Å². The van der Waals surface area contributed by atoms with Crippen LogP contribution in [0.5, 0.6) is 0 Å². The van der Waals surface area contributed by atoms with Gasteiger partial charge in [0.2, 0.25) is 6.43 Å². The van der Waals surface area contributed by atoms with E-state index in [0.717, 1.165) is 5.46 Å². The lowest BCUT2D eigenvalue weighted by atomic mass is 9.77. The highest BCUT2D eigenvalue weighted by molar-refractivity contribution is 6.62. The maximum atomic E-state index is 14.1. The number of carbonyl (C=O) groups is 1. The summed E-state index contributed by atoms with van der Waals surface area (Å²) in [5.41, 5.74) is -0.252. The minimum absolute atomic E-state index is 0.111. The second-order valence-corrected chi connectivity index (χ2v) is 9.73. The Labute approximate surface area is 193 Å². The highest BCUT2D eigenvalue weighted by Gasteiger charge is 2.51. The van der Waals surface area contributed by atoms with Crippen LogP contribution >= 0.6 is 0 Å². The summed E-state index contributed by atoms with van der Waals surface area (Å²) >= 11 is 0. The first-order valence-corrected chi connectivity index (χ1v) is 11.5. The standard InChI is InChI=1S/C25H32BF3O4/c1-24(2)25(3,4)33-26(32-24)17-11-13-18-16(15-17)10-12-20(23(30)31)21(18)19(22(28)29)9-7-5-6-8-14-27/h10-13,15,19,22H,5-9,14H2,1-4H3,(H,30,31). The average molecular weight is 464 g/mol. The first-order valence-electron chi connectivity index (χ1n) is 11.5. The van der Waals surface area contributed by atoms with Gasteiger partial charge in [0.25, 0.3) is 0 Å². The van der Waals surface area contributed by atoms with E-state index in [4.69, 9.17) is 9.31 Å². The molecule has 2 aromatic rings. The molecule has 1 fully saturated rings. The molecule has 2 aromatic carbocycles. The maximum Gasteiger partial charge on any atom is 0.494 e. The lowest BCUT2D eigenvalue weighted by Gasteiger charge is -2.32. The molecule has 1 saturated heterocycles. The summed E-state index contributed by atoms with van der Waals surface area (Å²) in [6.45, 7) is 7.38. The second kappa shape index (κ2) is 10.1. The molecule has 0 spiro atoms. The van der Waals surface area contributed by atoms with Crippen LogP contribution in [0, 0.1) is 0 Å². The molecule has 1 heterocycles. The van der Waals surface area contributed by atoms with Gasteiger partial charge >= 0.3 is 13.1 Å².